The van der Waals surface area contributed by atoms with Crippen LogP contribution < -0.4 is 5.32 Å². The van der Waals surface area contributed by atoms with E-state index in [-0.39, 0.29) is 17.7 Å². The zero-order valence-electron chi connectivity index (χ0n) is 16.2. The number of hydrogen-bond donors (Lipinski definition) is 2. The van der Waals surface area contributed by atoms with Crippen LogP contribution >= 0.6 is 0 Å². The van der Waals surface area contributed by atoms with Crippen LogP contribution in [0.25, 0.3) is 0 Å². The molecule has 1 aromatic heterocycles. The Morgan fingerprint density at radius 2 is 2.00 bits per heavy atom. The quantitative estimate of drug-likeness (QED) is 0.818. The number of hydrogen-bond acceptors (Lipinski definition) is 5. The van der Waals surface area contributed by atoms with Crippen LogP contribution in [-0.2, 0) is 4.79 Å². The van der Waals surface area contributed by atoms with Gasteiger partial charge in [-0.3, -0.25) is 14.6 Å². The molecule has 0 spiro atoms. The Morgan fingerprint density at radius 3 is 2.78 bits per heavy atom. The van der Waals surface area contributed by atoms with Crippen molar-refractivity contribution in [3.8, 4) is 0 Å². The fourth-order valence-corrected chi connectivity index (χ4v) is 3.99. The van der Waals surface area contributed by atoms with E-state index in [1.54, 1.807) is 12.3 Å². The van der Waals surface area contributed by atoms with Crippen molar-refractivity contribution in [2.75, 3.05) is 33.2 Å². The van der Waals surface area contributed by atoms with Gasteiger partial charge in [-0.1, -0.05) is 0 Å². The fourth-order valence-electron chi connectivity index (χ4n) is 3.99. The maximum Gasteiger partial charge on any atom is 0.253 e. The topological polar surface area (TPSA) is 85.8 Å². The van der Waals surface area contributed by atoms with Crippen LogP contribution in [0.1, 0.15) is 41.6 Å². The predicted octanol–water partition coefficient (Wildman–Crippen LogP) is 0.814. The highest BCUT2D eigenvalue weighted by molar-refractivity contribution is 5.94. The number of aromatic nitrogens is 1. The van der Waals surface area contributed by atoms with E-state index in [4.69, 9.17) is 0 Å². The fraction of sp³-hybridized carbons (Fsp3) is 0.650. The van der Waals surface area contributed by atoms with Crippen LogP contribution in [0.5, 0.6) is 0 Å². The largest absolute Gasteiger partial charge is 0.391 e. The molecule has 7 nitrogen and oxygen atoms in total. The Balaban J connectivity index is 1.61. The van der Waals surface area contributed by atoms with Gasteiger partial charge in [-0.05, 0) is 57.8 Å². The monoisotopic (exact) mass is 374 g/mol. The summed E-state index contributed by atoms with van der Waals surface area (Å²) in [5, 5.41) is 13.3. The van der Waals surface area contributed by atoms with E-state index >= 15 is 0 Å². The Labute approximate surface area is 160 Å². The predicted molar refractivity (Wildman–Crippen MR) is 102 cm³/mol. The van der Waals surface area contributed by atoms with Gasteiger partial charge in [0, 0.05) is 37.9 Å². The molecule has 2 amide bonds. The molecule has 0 bridgehead atoms. The molecule has 1 saturated carbocycles. The van der Waals surface area contributed by atoms with Crippen LogP contribution in [0, 0.1) is 12.8 Å². The van der Waals surface area contributed by atoms with Crippen LogP contribution in [0.15, 0.2) is 18.5 Å². The molecule has 2 aliphatic rings. The van der Waals surface area contributed by atoms with Gasteiger partial charge in [0.1, 0.15) is 0 Å². The molecular weight excluding hydrogens is 344 g/mol. The SMILES string of the molecule is Cc1cncc(C(=O)N[C@@H]2C[C@@H](C(=O)N3CCCN(C)CC3)CC[C@H]2O)c1. The average Bonchev–Trinajstić information content (AvgIpc) is 2.87. The number of amides is 2. The van der Waals surface area contributed by atoms with Crippen LogP contribution in [-0.4, -0.2) is 77.1 Å². The van der Waals surface area contributed by atoms with Crippen molar-refractivity contribution in [3.05, 3.63) is 29.6 Å². The van der Waals surface area contributed by atoms with Crippen LogP contribution in [0.3, 0.4) is 0 Å². The maximum atomic E-state index is 13.0. The molecule has 1 saturated heterocycles. The summed E-state index contributed by atoms with van der Waals surface area (Å²) < 4.78 is 0. The van der Waals surface area contributed by atoms with Gasteiger partial charge in [0.25, 0.3) is 5.91 Å². The highest BCUT2D eigenvalue weighted by Crippen LogP contribution is 2.27. The lowest BCUT2D eigenvalue weighted by atomic mass is 9.82. The van der Waals surface area contributed by atoms with Crippen molar-refractivity contribution >= 4 is 11.8 Å². The summed E-state index contributed by atoms with van der Waals surface area (Å²) in [7, 11) is 2.08. The molecule has 3 rings (SSSR count). The summed E-state index contributed by atoms with van der Waals surface area (Å²) in [5.74, 6) is -0.230. The Hall–Kier alpha value is -1.99. The van der Waals surface area contributed by atoms with E-state index < -0.39 is 12.1 Å². The van der Waals surface area contributed by atoms with E-state index in [9.17, 15) is 14.7 Å². The van der Waals surface area contributed by atoms with Crippen molar-refractivity contribution in [3.63, 3.8) is 0 Å². The second-order valence-corrected chi connectivity index (χ2v) is 7.89. The van der Waals surface area contributed by atoms with Gasteiger partial charge in [0.2, 0.25) is 5.91 Å². The van der Waals surface area contributed by atoms with Gasteiger partial charge < -0.3 is 20.2 Å². The second kappa shape index (κ2) is 8.80. The van der Waals surface area contributed by atoms with Crippen LogP contribution in [0.2, 0.25) is 0 Å². The summed E-state index contributed by atoms with van der Waals surface area (Å²) in [6.07, 6.45) is 5.26. The van der Waals surface area contributed by atoms with E-state index in [0.717, 1.165) is 38.2 Å². The van der Waals surface area contributed by atoms with Crippen LogP contribution in [0.4, 0.5) is 0 Å². The van der Waals surface area contributed by atoms with E-state index in [2.05, 4.69) is 22.2 Å². The first kappa shape index (κ1) is 19.8. The first-order valence-corrected chi connectivity index (χ1v) is 9.82. The zero-order chi connectivity index (χ0) is 19.4. The maximum absolute atomic E-state index is 13.0. The molecule has 2 heterocycles. The number of nitrogens with one attached hydrogen (secondary N) is 1. The van der Waals surface area contributed by atoms with Crippen molar-refractivity contribution in [1.29, 1.82) is 0 Å². The Bertz CT molecular complexity index is 681. The minimum absolute atomic E-state index is 0.141. The van der Waals surface area contributed by atoms with Crippen molar-refractivity contribution < 1.29 is 14.7 Å². The molecule has 148 valence electrons. The highest BCUT2D eigenvalue weighted by atomic mass is 16.3. The van der Waals surface area contributed by atoms with Gasteiger partial charge in [-0.25, -0.2) is 0 Å². The summed E-state index contributed by atoms with van der Waals surface area (Å²) in [6, 6.07) is 1.36. The third kappa shape index (κ3) is 5.05. The molecule has 27 heavy (non-hydrogen) atoms. The number of likely N-dealkylation sites (N-methyl/N-ethyl adjacent to an activating group) is 1. The van der Waals surface area contributed by atoms with Crippen molar-refractivity contribution in [2.45, 2.75) is 44.8 Å². The highest BCUT2D eigenvalue weighted by Gasteiger charge is 2.36. The molecule has 0 aromatic carbocycles. The minimum atomic E-state index is -0.619. The molecule has 1 aliphatic heterocycles. The number of aliphatic hydroxyl groups excluding tert-OH is 1. The summed E-state index contributed by atoms with van der Waals surface area (Å²) in [4.78, 5) is 33.7. The molecule has 3 atom stereocenters. The number of carbonyl (C=O) groups is 2. The Kier molecular flexibility index (Phi) is 6.44. The third-order valence-corrected chi connectivity index (χ3v) is 5.65. The average molecular weight is 374 g/mol. The molecular formula is C20H30N4O3. The van der Waals surface area contributed by atoms with Gasteiger partial charge in [-0.2, -0.15) is 0 Å². The number of aliphatic hydroxyl groups is 1. The minimum Gasteiger partial charge on any atom is -0.391 e. The van der Waals surface area contributed by atoms with E-state index in [0.29, 0.717) is 24.8 Å². The smallest absolute Gasteiger partial charge is 0.253 e. The van der Waals surface area contributed by atoms with Crippen molar-refractivity contribution in [2.24, 2.45) is 5.92 Å². The van der Waals surface area contributed by atoms with Crippen molar-refractivity contribution in [1.82, 2.24) is 20.1 Å². The summed E-state index contributed by atoms with van der Waals surface area (Å²) in [5.41, 5.74) is 1.39. The van der Waals surface area contributed by atoms with E-state index in [1.807, 2.05) is 11.8 Å². The van der Waals surface area contributed by atoms with Gasteiger partial charge in [0.15, 0.2) is 0 Å². The Morgan fingerprint density at radius 1 is 1.19 bits per heavy atom. The number of carbonyl (C=O) groups excluding carboxylic acids is 2. The lowest BCUT2D eigenvalue weighted by molar-refractivity contribution is -0.137. The number of nitrogens with zero attached hydrogens (tertiary/aromatic N) is 3. The number of aryl methyl sites for hydroxylation is 1. The first-order valence-electron chi connectivity index (χ1n) is 9.82. The van der Waals surface area contributed by atoms with Gasteiger partial charge in [-0.15, -0.1) is 0 Å². The lowest BCUT2D eigenvalue weighted by Crippen LogP contribution is -2.50. The zero-order valence-corrected chi connectivity index (χ0v) is 16.2. The molecule has 2 fully saturated rings. The molecule has 7 heteroatoms. The third-order valence-electron chi connectivity index (χ3n) is 5.65. The second-order valence-electron chi connectivity index (χ2n) is 7.89. The first-order chi connectivity index (χ1) is 12.9. The lowest BCUT2D eigenvalue weighted by Gasteiger charge is -2.35. The molecule has 1 aliphatic carbocycles. The molecule has 0 unspecified atom stereocenters. The molecule has 2 N–H and O–H groups in total. The standard InChI is InChI=1S/C20H30N4O3/c1-14-10-16(13-21-12-14)19(26)22-17-11-15(4-5-18(17)25)20(27)24-7-3-6-23(2)8-9-24/h10,12-13,15,17-18,25H,3-9,11H2,1-2H3,(H,22,26)/t15-,17+,18+/m0/s1. The number of pyridine rings is 1. The van der Waals surface area contributed by atoms with E-state index in [1.165, 1.54) is 6.20 Å². The van der Waals surface area contributed by atoms with Gasteiger partial charge in [0.05, 0.1) is 17.7 Å². The molecule has 0 radical (unpaired) electrons. The van der Waals surface area contributed by atoms with Gasteiger partial charge >= 0.3 is 0 Å². The normalized spacial score (nSPS) is 27.1. The summed E-state index contributed by atoms with van der Waals surface area (Å²) >= 11 is 0. The number of rotatable bonds is 3. The molecule has 1 aromatic rings. The summed E-state index contributed by atoms with van der Waals surface area (Å²) in [6.45, 7) is 5.32.